The Morgan fingerprint density at radius 3 is 2.73 bits per heavy atom. The Balaban J connectivity index is 1.58. The molecule has 2 saturated heterocycles. The highest BCUT2D eigenvalue weighted by molar-refractivity contribution is 5.91. The van der Waals surface area contributed by atoms with Gasteiger partial charge in [-0.3, -0.25) is 14.4 Å². The summed E-state index contributed by atoms with van der Waals surface area (Å²) < 4.78 is 7.18. The fourth-order valence-electron chi connectivity index (χ4n) is 3.94. The van der Waals surface area contributed by atoms with Crippen molar-refractivity contribution in [1.82, 2.24) is 19.6 Å². The van der Waals surface area contributed by atoms with Gasteiger partial charge < -0.3 is 14.7 Å². The largest absolute Gasteiger partial charge is 0.391 e. The number of aryl methyl sites for hydroxylation is 1. The lowest BCUT2D eigenvalue weighted by atomic mass is 9.99. The Morgan fingerprint density at radius 1 is 1.31 bits per heavy atom. The summed E-state index contributed by atoms with van der Waals surface area (Å²) in [5, 5.41) is 14.7. The maximum Gasteiger partial charge on any atom is 0.246 e. The van der Waals surface area contributed by atoms with Gasteiger partial charge in [0.1, 0.15) is 0 Å². The zero-order valence-corrected chi connectivity index (χ0v) is 15.8. The van der Waals surface area contributed by atoms with Gasteiger partial charge in [-0.05, 0) is 44.9 Å². The van der Waals surface area contributed by atoms with Gasteiger partial charge in [-0.25, -0.2) is 0 Å². The number of likely N-dealkylation sites (N-methyl/N-ethyl adjacent to an activating group) is 1. The van der Waals surface area contributed by atoms with Crippen LogP contribution in [0.15, 0.2) is 18.3 Å². The number of aromatic nitrogens is 2. The molecule has 26 heavy (non-hydrogen) atoms. The van der Waals surface area contributed by atoms with Crippen LogP contribution >= 0.6 is 0 Å². The molecular formula is C19H30N4O3. The molecule has 0 radical (unpaired) electrons. The van der Waals surface area contributed by atoms with Gasteiger partial charge >= 0.3 is 0 Å². The van der Waals surface area contributed by atoms with Crippen molar-refractivity contribution in [1.29, 1.82) is 0 Å². The first kappa shape index (κ1) is 19.1. The summed E-state index contributed by atoms with van der Waals surface area (Å²) in [7, 11) is 3.95. The minimum Gasteiger partial charge on any atom is -0.391 e. The molecule has 0 saturated carbocycles. The number of hydrogen-bond donors (Lipinski definition) is 1. The van der Waals surface area contributed by atoms with Crippen molar-refractivity contribution >= 4 is 12.0 Å². The van der Waals surface area contributed by atoms with Crippen molar-refractivity contribution in [3.8, 4) is 0 Å². The zero-order chi connectivity index (χ0) is 18.5. The number of aliphatic hydroxyl groups excluding tert-OH is 1. The maximum atomic E-state index is 12.5. The highest BCUT2D eigenvalue weighted by Gasteiger charge is 2.32. The fourth-order valence-corrected chi connectivity index (χ4v) is 3.94. The van der Waals surface area contributed by atoms with E-state index in [2.05, 4.69) is 17.0 Å². The number of likely N-dealkylation sites (tertiary alicyclic amines) is 1. The summed E-state index contributed by atoms with van der Waals surface area (Å²) in [5.41, 5.74) is 0.894. The van der Waals surface area contributed by atoms with E-state index in [9.17, 15) is 9.90 Å². The van der Waals surface area contributed by atoms with Crippen molar-refractivity contribution in [3.63, 3.8) is 0 Å². The summed E-state index contributed by atoms with van der Waals surface area (Å²) in [6.07, 6.45) is 8.13. The molecular weight excluding hydrogens is 332 g/mol. The molecule has 3 heterocycles. The topological polar surface area (TPSA) is 70.8 Å². The lowest BCUT2D eigenvalue weighted by Gasteiger charge is -2.38. The van der Waals surface area contributed by atoms with E-state index in [0.717, 1.165) is 38.2 Å². The highest BCUT2D eigenvalue weighted by atomic mass is 16.5. The van der Waals surface area contributed by atoms with Gasteiger partial charge in [0.15, 0.2) is 0 Å². The van der Waals surface area contributed by atoms with E-state index in [4.69, 9.17) is 4.74 Å². The van der Waals surface area contributed by atoms with Crippen LogP contribution in [-0.4, -0.2) is 82.1 Å². The van der Waals surface area contributed by atoms with Gasteiger partial charge in [-0.1, -0.05) is 0 Å². The van der Waals surface area contributed by atoms with Gasteiger partial charge in [0.05, 0.1) is 11.8 Å². The normalized spacial score (nSPS) is 25.8. The van der Waals surface area contributed by atoms with Crippen molar-refractivity contribution in [3.05, 3.63) is 24.0 Å². The third-order valence-corrected chi connectivity index (χ3v) is 5.69. The third kappa shape index (κ3) is 4.52. The van der Waals surface area contributed by atoms with Crippen molar-refractivity contribution in [2.45, 2.75) is 43.9 Å². The molecule has 2 fully saturated rings. The SMILES string of the molecule is CN(C1CCOCC1)[C@H]1CCN(C(=O)/C=C/c2ccnn2C)CC[C@@H]1O. The Morgan fingerprint density at radius 2 is 2.04 bits per heavy atom. The lowest BCUT2D eigenvalue weighted by Crippen LogP contribution is -2.48. The van der Waals surface area contributed by atoms with E-state index in [0.29, 0.717) is 25.6 Å². The van der Waals surface area contributed by atoms with Gasteiger partial charge in [-0.2, -0.15) is 5.10 Å². The van der Waals surface area contributed by atoms with Crippen LogP contribution in [-0.2, 0) is 16.6 Å². The molecule has 1 aromatic heterocycles. The number of ether oxygens (including phenoxy) is 1. The molecule has 1 amide bonds. The van der Waals surface area contributed by atoms with Gasteiger partial charge in [-0.15, -0.1) is 0 Å². The summed E-state index contributed by atoms with van der Waals surface area (Å²) >= 11 is 0. The maximum absolute atomic E-state index is 12.5. The minimum absolute atomic E-state index is 0.00669. The molecule has 0 aliphatic carbocycles. The van der Waals surface area contributed by atoms with Crippen LogP contribution < -0.4 is 0 Å². The third-order valence-electron chi connectivity index (χ3n) is 5.69. The van der Waals surface area contributed by atoms with Crippen LogP contribution in [0.3, 0.4) is 0 Å². The molecule has 2 atom stereocenters. The van der Waals surface area contributed by atoms with Crippen molar-refractivity contribution in [2.75, 3.05) is 33.4 Å². The lowest BCUT2D eigenvalue weighted by molar-refractivity contribution is -0.126. The van der Waals surface area contributed by atoms with Crippen LogP contribution in [0.4, 0.5) is 0 Å². The molecule has 1 N–H and O–H groups in total. The summed E-state index contributed by atoms with van der Waals surface area (Å²) in [6, 6.07) is 2.42. The minimum atomic E-state index is -0.401. The molecule has 144 valence electrons. The second-order valence-electron chi connectivity index (χ2n) is 7.26. The second-order valence-corrected chi connectivity index (χ2v) is 7.26. The number of carbonyl (C=O) groups excluding carboxylic acids is 1. The molecule has 3 rings (SSSR count). The van der Waals surface area contributed by atoms with E-state index >= 15 is 0 Å². The quantitative estimate of drug-likeness (QED) is 0.806. The molecule has 7 heteroatoms. The standard InChI is InChI=1S/C19H30N4O3/c1-21(15-8-13-26-14-9-15)17-6-11-23(12-7-18(17)24)19(25)4-3-16-5-10-20-22(16)2/h3-5,10,15,17-18,24H,6-9,11-14H2,1-2H3/b4-3+/t17-,18-/m0/s1. The van der Waals surface area contributed by atoms with E-state index < -0.39 is 6.10 Å². The van der Waals surface area contributed by atoms with E-state index in [1.807, 2.05) is 18.0 Å². The molecule has 0 spiro atoms. The first-order valence-corrected chi connectivity index (χ1v) is 9.49. The summed E-state index contributed by atoms with van der Waals surface area (Å²) in [6.45, 7) is 2.85. The number of rotatable bonds is 4. The van der Waals surface area contributed by atoms with E-state index in [1.165, 1.54) is 0 Å². The van der Waals surface area contributed by atoms with Gasteiger partial charge in [0.25, 0.3) is 0 Å². The van der Waals surface area contributed by atoms with Gasteiger partial charge in [0.2, 0.25) is 5.91 Å². The number of hydrogen-bond acceptors (Lipinski definition) is 5. The molecule has 1 aromatic rings. The average molecular weight is 362 g/mol. The van der Waals surface area contributed by atoms with Crippen LogP contribution in [0.25, 0.3) is 6.08 Å². The smallest absolute Gasteiger partial charge is 0.246 e. The number of nitrogens with zero attached hydrogens (tertiary/aromatic N) is 4. The van der Waals surface area contributed by atoms with Crippen LogP contribution in [0, 0.1) is 0 Å². The Kier molecular flexibility index (Phi) is 6.45. The Labute approximate surface area is 155 Å². The molecule has 0 bridgehead atoms. The molecule has 7 nitrogen and oxygen atoms in total. The van der Waals surface area contributed by atoms with Gasteiger partial charge in [0, 0.05) is 57.7 Å². The van der Waals surface area contributed by atoms with Crippen LogP contribution in [0.5, 0.6) is 0 Å². The molecule has 2 aliphatic rings. The monoisotopic (exact) mass is 362 g/mol. The zero-order valence-electron chi connectivity index (χ0n) is 15.8. The van der Waals surface area contributed by atoms with E-state index in [1.54, 1.807) is 23.0 Å². The van der Waals surface area contributed by atoms with E-state index in [-0.39, 0.29) is 11.9 Å². The Hall–Kier alpha value is -1.70. The first-order valence-electron chi connectivity index (χ1n) is 9.49. The van der Waals surface area contributed by atoms with Crippen molar-refractivity contribution in [2.24, 2.45) is 7.05 Å². The fraction of sp³-hybridized carbons (Fsp3) is 0.684. The summed E-state index contributed by atoms with van der Waals surface area (Å²) in [4.78, 5) is 16.7. The number of aliphatic hydroxyl groups is 1. The predicted octanol–water partition coefficient (Wildman–Crippen LogP) is 0.896. The van der Waals surface area contributed by atoms with Crippen LogP contribution in [0.2, 0.25) is 0 Å². The van der Waals surface area contributed by atoms with Crippen molar-refractivity contribution < 1.29 is 14.6 Å². The number of amides is 1. The molecule has 2 aliphatic heterocycles. The second kappa shape index (κ2) is 8.79. The molecule has 0 aromatic carbocycles. The van der Waals surface area contributed by atoms with Crippen LogP contribution in [0.1, 0.15) is 31.4 Å². The molecule has 0 unspecified atom stereocenters. The predicted molar refractivity (Wildman–Crippen MR) is 99.5 cm³/mol. The summed E-state index contributed by atoms with van der Waals surface area (Å²) in [5.74, 6) is -0.00669. The average Bonchev–Trinajstić information content (AvgIpc) is 2.97. The number of carbonyl (C=O) groups is 1. The first-order chi connectivity index (χ1) is 12.6. The Bertz CT molecular complexity index is 624. The highest BCUT2D eigenvalue weighted by Crippen LogP contribution is 2.23.